The number of hydrogen-bond acceptors (Lipinski definition) is 5. The molecule has 6 nitrogen and oxygen atoms in total. The van der Waals surface area contributed by atoms with E-state index >= 15 is 0 Å². The Bertz CT molecular complexity index is 636. The smallest absolute Gasteiger partial charge is 0.249 e. The van der Waals surface area contributed by atoms with E-state index in [0.29, 0.717) is 12.4 Å². The standard InChI is InChI=1S/C14H14BrN5O/c15-11-8-17-9-18-13(11)19-12-4-2-6-20(14(12)21)10-3-1-5-16-7-10/h1,3,5,7-9,12H,2,4,6H2,(H,17,18,19). The molecule has 0 aromatic carbocycles. The maximum absolute atomic E-state index is 12.6. The molecule has 1 unspecified atom stereocenters. The number of aromatic nitrogens is 3. The number of hydrogen-bond donors (Lipinski definition) is 1. The van der Waals surface area contributed by atoms with Gasteiger partial charge in [-0.05, 0) is 40.9 Å². The van der Waals surface area contributed by atoms with Gasteiger partial charge >= 0.3 is 0 Å². The normalized spacial score (nSPS) is 18.6. The molecule has 3 heterocycles. The van der Waals surface area contributed by atoms with E-state index in [2.05, 4.69) is 36.2 Å². The van der Waals surface area contributed by atoms with Crippen LogP contribution in [0.15, 0.2) is 41.5 Å². The van der Waals surface area contributed by atoms with Crippen molar-refractivity contribution in [3.8, 4) is 0 Å². The summed E-state index contributed by atoms with van der Waals surface area (Å²) in [4.78, 5) is 26.5. The molecule has 0 bridgehead atoms. The fourth-order valence-electron chi connectivity index (χ4n) is 2.36. The van der Waals surface area contributed by atoms with Crippen LogP contribution in [0.1, 0.15) is 12.8 Å². The van der Waals surface area contributed by atoms with Gasteiger partial charge in [0.1, 0.15) is 18.2 Å². The van der Waals surface area contributed by atoms with Crippen LogP contribution in [0.5, 0.6) is 0 Å². The van der Waals surface area contributed by atoms with Crippen molar-refractivity contribution >= 4 is 33.3 Å². The van der Waals surface area contributed by atoms with Gasteiger partial charge in [0.25, 0.3) is 0 Å². The van der Waals surface area contributed by atoms with E-state index in [9.17, 15) is 4.79 Å². The van der Waals surface area contributed by atoms with Crippen molar-refractivity contribution in [2.24, 2.45) is 0 Å². The second-order valence-electron chi connectivity index (χ2n) is 4.76. The molecule has 2 aromatic heterocycles. The zero-order valence-electron chi connectivity index (χ0n) is 11.2. The number of pyridine rings is 1. The molecule has 3 rings (SSSR count). The van der Waals surface area contributed by atoms with Gasteiger partial charge in [0.05, 0.1) is 16.4 Å². The summed E-state index contributed by atoms with van der Waals surface area (Å²) >= 11 is 3.38. The highest BCUT2D eigenvalue weighted by molar-refractivity contribution is 9.10. The maximum atomic E-state index is 12.6. The number of carbonyl (C=O) groups is 1. The Kier molecular flexibility index (Phi) is 4.10. The number of amides is 1. The van der Waals surface area contributed by atoms with Crippen molar-refractivity contribution in [3.05, 3.63) is 41.5 Å². The predicted molar refractivity (Wildman–Crippen MR) is 83.0 cm³/mol. The average Bonchev–Trinajstić information content (AvgIpc) is 2.52. The van der Waals surface area contributed by atoms with Crippen LogP contribution < -0.4 is 10.2 Å². The molecule has 1 fully saturated rings. The van der Waals surface area contributed by atoms with E-state index in [-0.39, 0.29) is 11.9 Å². The number of piperidine rings is 1. The van der Waals surface area contributed by atoms with Crippen molar-refractivity contribution in [3.63, 3.8) is 0 Å². The van der Waals surface area contributed by atoms with E-state index in [1.165, 1.54) is 6.33 Å². The number of rotatable bonds is 3. The summed E-state index contributed by atoms with van der Waals surface area (Å²) in [6.07, 6.45) is 8.24. The average molecular weight is 348 g/mol. The summed E-state index contributed by atoms with van der Waals surface area (Å²) in [5.41, 5.74) is 0.829. The Labute approximate surface area is 130 Å². The first-order chi connectivity index (χ1) is 10.3. The van der Waals surface area contributed by atoms with Crippen LogP contribution in [0.4, 0.5) is 11.5 Å². The van der Waals surface area contributed by atoms with Gasteiger partial charge in [-0.15, -0.1) is 0 Å². The lowest BCUT2D eigenvalue weighted by atomic mass is 10.0. The van der Waals surface area contributed by atoms with Gasteiger partial charge < -0.3 is 10.2 Å². The first kappa shape index (κ1) is 13.9. The summed E-state index contributed by atoms with van der Waals surface area (Å²) in [6.45, 7) is 0.716. The van der Waals surface area contributed by atoms with E-state index < -0.39 is 0 Å². The largest absolute Gasteiger partial charge is 0.357 e. The quantitative estimate of drug-likeness (QED) is 0.921. The van der Waals surface area contributed by atoms with Crippen molar-refractivity contribution in [1.82, 2.24) is 15.0 Å². The van der Waals surface area contributed by atoms with Crippen molar-refractivity contribution in [1.29, 1.82) is 0 Å². The number of nitrogens with one attached hydrogen (secondary N) is 1. The Morgan fingerprint density at radius 2 is 2.24 bits per heavy atom. The molecule has 21 heavy (non-hydrogen) atoms. The summed E-state index contributed by atoms with van der Waals surface area (Å²) < 4.78 is 0.747. The van der Waals surface area contributed by atoms with Crippen LogP contribution >= 0.6 is 15.9 Å². The fraction of sp³-hybridized carbons (Fsp3) is 0.286. The summed E-state index contributed by atoms with van der Waals surface area (Å²) in [5, 5.41) is 3.19. The third kappa shape index (κ3) is 3.02. The number of carbonyl (C=O) groups excluding carboxylic acids is 1. The van der Waals surface area contributed by atoms with Crippen LogP contribution in [0, 0.1) is 0 Å². The third-order valence-electron chi connectivity index (χ3n) is 3.37. The number of halogens is 1. The molecule has 1 atom stereocenters. The molecule has 1 amide bonds. The van der Waals surface area contributed by atoms with Gasteiger partial charge in [0.15, 0.2) is 0 Å². The first-order valence-electron chi connectivity index (χ1n) is 6.69. The van der Waals surface area contributed by atoms with Crippen LogP contribution in [0.2, 0.25) is 0 Å². The molecule has 108 valence electrons. The summed E-state index contributed by atoms with van der Waals surface area (Å²) in [7, 11) is 0. The monoisotopic (exact) mass is 347 g/mol. The minimum atomic E-state index is -0.287. The first-order valence-corrected chi connectivity index (χ1v) is 7.48. The molecule has 1 saturated heterocycles. The molecule has 0 aliphatic carbocycles. The minimum Gasteiger partial charge on any atom is -0.357 e. The molecule has 1 N–H and O–H groups in total. The topological polar surface area (TPSA) is 71.0 Å². The van der Waals surface area contributed by atoms with Crippen LogP contribution in [-0.4, -0.2) is 33.4 Å². The Balaban J connectivity index is 1.78. The van der Waals surface area contributed by atoms with Crippen LogP contribution in [0.3, 0.4) is 0 Å². The van der Waals surface area contributed by atoms with Crippen LogP contribution in [-0.2, 0) is 4.79 Å². The highest BCUT2D eigenvalue weighted by Gasteiger charge is 2.30. The molecule has 0 radical (unpaired) electrons. The minimum absolute atomic E-state index is 0.0414. The number of anilines is 2. The zero-order valence-corrected chi connectivity index (χ0v) is 12.8. The Morgan fingerprint density at radius 3 is 3.00 bits per heavy atom. The lowest BCUT2D eigenvalue weighted by molar-refractivity contribution is -0.120. The maximum Gasteiger partial charge on any atom is 0.249 e. The van der Waals surface area contributed by atoms with Gasteiger partial charge in [-0.1, -0.05) is 0 Å². The Hall–Kier alpha value is -2.02. The van der Waals surface area contributed by atoms with E-state index in [1.807, 2.05) is 12.1 Å². The SMILES string of the molecule is O=C1C(Nc2ncncc2Br)CCCN1c1cccnc1. The zero-order chi connectivity index (χ0) is 14.7. The highest BCUT2D eigenvalue weighted by Crippen LogP contribution is 2.24. The second-order valence-corrected chi connectivity index (χ2v) is 5.61. The van der Waals surface area contributed by atoms with Gasteiger partial charge in [0, 0.05) is 18.9 Å². The second kappa shape index (κ2) is 6.17. The third-order valence-corrected chi connectivity index (χ3v) is 3.96. The summed E-state index contributed by atoms with van der Waals surface area (Å²) in [6, 6.07) is 3.44. The van der Waals surface area contributed by atoms with Crippen LogP contribution in [0.25, 0.3) is 0 Å². The molecule has 0 spiro atoms. The van der Waals surface area contributed by atoms with E-state index in [0.717, 1.165) is 23.0 Å². The molecule has 1 aliphatic heterocycles. The molecular weight excluding hydrogens is 334 g/mol. The van der Waals surface area contributed by atoms with Crippen molar-refractivity contribution in [2.75, 3.05) is 16.8 Å². The summed E-state index contributed by atoms with van der Waals surface area (Å²) in [5.74, 6) is 0.677. The predicted octanol–water partition coefficient (Wildman–Crippen LogP) is 2.24. The molecule has 1 aliphatic rings. The molecule has 0 saturated carbocycles. The molecule has 7 heteroatoms. The van der Waals surface area contributed by atoms with E-state index in [4.69, 9.17) is 0 Å². The molecular formula is C14H14BrN5O. The van der Waals surface area contributed by atoms with Gasteiger partial charge in [-0.3, -0.25) is 9.78 Å². The fourth-order valence-corrected chi connectivity index (χ4v) is 2.70. The van der Waals surface area contributed by atoms with Crippen molar-refractivity contribution < 1.29 is 4.79 Å². The number of nitrogens with zero attached hydrogens (tertiary/aromatic N) is 4. The van der Waals surface area contributed by atoms with E-state index in [1.54, 1.807) is 23.5 Å². The Morgan fingerprint density at radius 1 is 1.33 bits per heavy atom. The van der Waals surface area contributed by atoms with Gasteiger partial charge in [-0.2, -0.15) is 0 Å². The molecule has 2 aromatic rings. The highest BCUT2D eigenvalue weighted by atomic mass is 79.9. The van der Waals surface area contributed by atoms with Gasteiger partial charge in [-0.25, -0.2) is 9.97 Å². The van der Waals surface area contributed by atoms with Gasteiger partial charge in [0.2, 0.25) is 5.91 Å². The van der Waals surface area contributed by atoms with Crippen molar-refractivity contribution in [2.45, 2.75) is 18.9 Å². The lowest BCUT2D eigenvalue weighted by Crippen LogP contribution is -2.48. The lowest BCUT2D eigenvalue weighted by Gasteiger charge is -2.32.